The van der Waals surface area contributed by atoms with E-state index in [1.165, 1.54) is 7.11 Å². The summed E-state index contributed by atoms with van der Waals surface area (Å²) in [6.45, 7) is 1.71. The summed E-state index contributed by atoms with van der Waals surface area (Å²) in [5, 5.41) is 18.5. The average molecular weight is 162 g/mol. The van der Waals surface area contributed by atoms with E-state index >= 15 is 0 Å². The maximum atomic E-state index is 9.24. The van der Waals surface area contributed by atoms with Gasteiger partial charge in [0.25, 0.3) is 0 Å². The fourth-order valence-corrected chi connectivity index (χ4v) is 1.18. The Balaban J connectivity index is 2.47. The van der Waals surface area contributed by atoms with Crippen molar-refractivity contribution in [1.82, 2.24) is 0 Å². The number of hydrogen-bond donors (Lipinski definition) is 2. The first-order chi connectivity index (χ1) is 5.15. The van der Waals surface area contributed by atoms with Crippen molar-refractivity contribution in [1.29, 1.82) is 0 Å². The number of aliphatic hydroxyl groups is 2. The van der Waals surface area contributed by atoms with Gasteiger partial charge >= 0.3 is 0 Å². The molecule has 0 aromatic carbocycles. The second-order valence-electron chi connectivity index (χ2n) is 2.80. The highest BCUT2D eigenvalue weighted by Crippen LogP contribution is 2.19. The normalized spacial score (nSPS) is 45.8. The monoisotopic (exact) mass is 162 g/mol. The summed E-state index contributed by atoms with van der Waals surface area (Å²) in [4.78, 5) is 0. The largest absolute Gasteiger partial charge is 0.390 e. The Hall–Kier alpha value is -0.160. The minimum absolute atomic E-state index is 0.335. The van der Waals surface area contributed by atoms with Gasteiger partial charge in [-0.3, -0.25) is 0 Å². The third-order valence-corrected chi connectivity index (χ3v) is 1.94. The average Bonchev–Trinajstić information content (AvgIpc) is 1.99. The summed E-state index contributed by atoms with van der Waals surface area (Å²) in [6.07, 6.45) is -1.93. The Morgan fingerprint density at radius 2 is 2.09 bits per heavy atom. The van der Waals surface area contributed by atoms with Crippen molar-refractivity contribution in [2.75, 3.05) is 7.11 Å². The molecule has 1 aliphatic rings. The van der Waals surface area contributed by atoms with Gasteiger partial charge in [-0.25, -0.2) is 0 Å². The summed E-state index contributed by atoms with van der Waals surface area (Å²) in [5.74, 6) is 0. The van der Waals surface area contributed by atoms with Crippen molar-refractivity contribution in [3.63, 3.8) is 0 Å². The van der Waals surface area contributed by atoms with Gasteiger partial charge in [0.2, 0.25) is 0 Å². The molecule has 1 rings (SSSR count). The van der Waals surface area contributed by atoms with E-state index < -0.39 is 12.2 Å². The molecular formula is C7H14O4. The molecule has 4 heteroatoms. The van der Waals surface area contributed by atoms with Crippen LogP contribution in [-0.2, 0) is 9.47 Å². The van der Waals surface area contributed by atoms with Crippen LogP contribution in [0, 0.1) is 0 Å². The third-order valence-electron chi connectivity index (χ3n) is 1.94. The first-order valence-corrected chi connectivity index (χ1v) is 3.69. The minimum atomic E-state index is -0.790. The zero-order valence-corrected chi connectivity index (χ0v) is 6.73. The van der Waals surface area contributed by atoms with E-state index in [0.717, 1.165) is 0 Å². The van der Waals surface area contributed by atoms with Crippen molar-refractivity contribution in [2.24, 2.45) is 0 Å². The Morgan fingerprint density at radius 1 is 1.45 bits per heavy atom. The van der Waals surface area contributed by atoms with Crippen molar-refractivity contribution < 1.29 is 19.7 Å². The van der Waals surface area contributed by atoms with Crippen LogP contribution in [0.3, 0.4) is 0 Å². The van der Waals surface area contributed by atoms with Gasteiger partial charge < -0.3 is 19.7 Å². The second kappa shape index (κ2) is 3.49. The SMILES string of the molecule is CO[C@@H]1C[C@H](O)[C@@H](O)[C@H](C)O1. The van der Waals surface area contributed by atoms with Gasteiger partial charge in [0.05, 0.1) is 12.2 Å². The van der Waals surface area contributed by atoms with Crippen LogP contribution in [0.1, 0.15) is 13.3 Å². The zero-order valence-electron chi connectivity index (χ0n) is 6.73. The van der Waals surface area contributed by atoms with Crippen molar-refractivity contribution in [2.45, 2.75) is 37.9 Å². The van der Waals surface area contributed by atoms with E-state index in [-0.39, 0.29) is 12.4 Å². The molecule has 0 aromatic heterocycles. The fourth-order valence-electron chi connectivity index (χ4n) is 1.18. The fraction of sp³-hybridized carbons (Fsp3) is 1.00. The van der Waals surface area contributed by atoms with Gasteiger partial charge in [-0.15, -0.1) is 0 Å². The standard InChI is InChI=1S/C7H14O4/c1-4-7(9)5(8)3-6(10-2)11-4/h4-9H,3H2,1-2H3/t4-,5-,6-,7-/m0/s1. The molecule has 1 aliphatic heterocycles. The van der Waals surface area contributed by atoms with Crippen LogP contribution < -0.4 is 0 Å². The first kappa shape index (κ1) is 8.93. The molecule has 4 nitrogen and oxygen atoms in total. The highest BCUT2D eigenvalue weighted by molar-refractivity contribution is 4.79. The lowest BCUT2D eigenvalue weighted by molar-refractivity contribution is -0.237. The van der Waals surface area contributed by atoms with Crippen molar-refractivity contribution in [3.8, 4) is 0 Å². The summed E-state index contributed by atoms with van der Waals surface area (Å²) >= 11 is 0. The molecular weight excluding hydrogens is 148 g/mol. The molecule has 1 heterocycles. The molecule has 0 bridgehead atoms. The Kier molecular flexibility index (Phi) is 2.84. The Bertz CT molecular complexity index is 116. The minimum Gasteiger partial charge on any atom is -0.390 e. The van der Waals surface area contributed by atoms with Gasteiger partial charge in [0, 0.05) is 13.5 Å². The van der Waals surface area contributed by atoms with E-state index in [2.05, 4.69) is 0 Å². The predicted octanol–water partition coefficient (Wildman–Crippen LogP) is -0.510. The van der Waals surface area contributed by atoms with Crippen LogP contribution in [0.15, 0.2) is 0 Å². The van der Waals surface area contributed by atoms with E-state index in [4.69, 9.17) is 9.47 Å². The molecule has 2 N–H and O–H groups in total. The molecule has 0 spiro atoms. The second-order valence-corrected chi connectivity index (χ2v) is 2.80. The van der Waals surface area contributed by atoms with Gasteiger partial charge in [-0.1, -0.05) is 0 Å². The Morgan fingerprint density at radius 3 is 2.55 bits per heavy atom. The number of rotatable bonds is 1. The van der Waals surface area contributed by atoms with Crippen LogP contribution in [-0.4, -0.2) is 41.9 Å². The molecule has 0 unspecified atom stereocenters. The van der Waals surface area contributed by atoms with E-state index in [1.807, 2.05) is 0 Å². The number of aliphatic hydroxyl groups excluding tert-OH is 2. The van der Waals surface area contributed by atoms with E-state index in [1.54, 1.807) is 6.92 Å². The lowest BCUT2D eigenvalue weighted by atomic mass is 10.0. The topological polar surface area (TPSA) is 58.9 Å². The van der Waals surface area contributed by atoms with Gasteiger partial charge in [0.15, 0.2) is 6.29 Å². The summed E-state index contributed by atoms with van der Waals surface area (Å²) in [7, 11) is 1.52. The molecule has 1 fully saturated rings. The lowest BCUT2D eigenvalue weighted by Crippen LogP contribution is -2.47. The first-order valence-electron chi connectivity index (χ1n) is 3.69. The lowest BCUT2D eigenvalue weighted by Gasteiger charge is -2.34. The number of ether oxygens (including phenoxy) is 2. The van der Waals surface area contributed by atoms with Crippen LogP contribution in [0.4, 0.5) is 0 Å². The highest BCUT2D eigenvalue weighted by atomic mass is 16.7. The quantitative estimate of drug-likeness (QED) is 0.545. The number of methoxy groups -OCH3 is 1. The van der Waals surface area contributed by atoms with Crippen LogP contribution in [0.2, 0.25) is 0 Å². The molecule has 4 atom stereocenters. The van der Waals surface area contributed by atoms with Gasteiger partial charge in [0.1, 0.15) is 6.10 Å². The van der Waals surface area contributed by atoms with Gasteiger partial charge in [-0.05, 0) is 6.92 Å². The van der Waals surface area contributed by atoms with Crippen molar-refractivity contribution in [3.05, 3.63) is 0 Å². The smallest absolute Gasteiger partial charge is 0.160 e. The molecule has 0 aromatic rings. The number of hydrogen-bond acceptors (Lipinski definition) is 4. The summed E-state index contributed by atoms with van der Waals surface area (Å²) < 4.78 is 10.1. The zero-order chi connectivity index (χ0) is 8.43. The maximum Gasteiger partial charge on any atom is 0.160 e. The van der Waals surface area contributed by atoms with E-state index in [0.29, 0.717) is 6.42 Å². The molecule has 0 aliphatic carbocycles. The summed E-state index contributed by atoms with van der Waals surface area (Å²) in [6, 6.07) is 0. The molecule has 0 amide bonds. The third kappa shape index (κ3) is 1.90. The van der Waals surface area contributed by atoms with Crippen LogP contribution >= 0.6 is 0 Å². The van der Waals surface area contributed by atoms with Crippen molar-refractivity contribution >= 4 is 0 Å². The van der Waals surface area contributed by atoms with Crippen LogP contribution in [0.5, 0.6) is 0 Å². The van der Waals surface area contributed by atoms with Crippen LogP contribution in [0.25, 0.3) is 0 Å². The van der Waals surface area contributed by atoms with Gasteiger partial charge in [-0.2, -0.15) is 0 Å². The molecule has 1 saturated heterocycles. The van der Waals surface area contributed by atoms with E-state index in [9.17, 15) is 10.2 Å². The molecule has 66 valence electrons. The molecule has 0 saturated carbocycles. The summed E-state index contributed by atoms with van der Waals surface area (Å²) in [5.41, 5.74) is 0. The maximum absolute atomic E-state index is 9.24. The molecule has 11 heavy (non-hydrogen) atoms. The molecule has 0 radical (unpaired) electrons. The highest BCUT2D eigenvalue weighted by Gasteiger charge is 2.33. The predicted molar refractivity (Wildman–Crippen MR) is 38.0 cm³/mol. The Labute approximate surface area is 65.7 Å².